The Balaban J connectivity index is 0.00000176. The van der Waals surface area contributed by atoms with Crippen molar-refractivity contribution in [1.82, 2.24) is 5.32 Å². The number of rotatable bonds is 5. The molecule has 2 heterocycles. The van der Waals surface area contributed by atoms with Gasteiger partial charge < -0.3 is 14.8 Å². The molecule has 0 fully saturated rings. The lowest BCUT2D eigenvalue weighted by molar-refractivity contribution is 0.297. The molecule has 0 atom stereocenters. The molecule has 3 rings (SSSR count). The molecule has 1 aliphatic rings. The lowest BCUT2D eigenvalue weighted by Crippen LogP contribution is -2.16. The molecular weight excluding hydrogens is 341 g/mol. The zero-order valence-electron chi connectivity index (χ0n) is 12.1. The van der Waals surface area contributed by atoms with Gasteiger partial charge in [0.2, 0.25) is 0 Å². The maximum absolute atomic E-state index is 6.28. The van der Waals surface area contributed by atoms with E-state index in [0.29, 0.717) is 24.0 Å². The van der Waals surface area contributed by atoms with E-state index in [4.69, 9.17) is 21.1 Å². The van der Waals surface area contributed by atoms with Crippen molar-refractivity contribution in [2.45, 2.75) is 19.4 Å². The van der Waals surface area contributed by atoms with Gasteiger partial charge in [-0.1, -0.05) is 17.7 Å². The quantitative estimate of drug-likeness (QED) is 0.806. The Bertz CT molecular complexity index is 590. The number of hydrogen-bond donors (Lipinski definition) is 1. The summed E-state index contributed by atoms with van der Waals surface area (Å²) in [6, 6.07) is 8.22. The normalized spacial score (nSPS) is 13.3. The van der Waals surface area contributed by atoms with Crippen molar-refractivity contribution in [3.63, 3.8) is 0 Å². The molecule has 0 bridgehead atoms. The second-order valence-corrected chi connectivity index (χ2v) is 6.40. The highest BCUT2D eigenvalue weighted by atomic mass is 35.5. The summed E-state index contributed by atoms with van der Waals surface area (Å²) in [5.74, 6) is 1.44. The summed E-state index contributed by atoms with van der Waals surface area (Å²) in [7, 11) is 0. The van der Waals surface area contributed by atoms with Crippen molar-refractivity contribution < 1.29 is 9.47 Å². The lowest BCUT2D eigenvalue weighted by atomic mass is 10.2. The second-order valence-electron chi connectivity index (χ2n) is 4.96. The van der Waals surface area contributed by atoms with Crippen LogP contribution in [-0.2, 0) is 13.0 Å². The summed E-state index contributed by atoms with van der Waals surface area (Å²) in [4.78, 5) is 1.40. The van der Waals surface area contributed by atoms with Crippen LogP contribution in [0, 0.1) is 0 Å². The zero-order valence-corrected chi connectivity index (χ0v) is 14.5. The van der Waals surface area contributed by atoms with Gasteiger partial charge in [-0.05, 0) is 35.6 Å². The number of hydrogen-bond acceptors (Lipinski definition) is 4. The molecule has 1 aromatic heterocycles. The van der Waals surface area contributed by atoms with Crippen LogP contribution in [0.4, 0.5) is 0 Å². The third-order valence-corrected chi connectivity index (χ3v) is 4.54. The average molecular weight is 360 g/mol. The topological polar surface area (TPSA) is 30.5 Å². The van der Waals surface area contributed by atoms with E-state index >= 15 is 0 Å². The van der Waals surface area contributed by atoms with Crippen LogP contribution >= 0.6 is 35.3 Å². The van der Waals surface area contributed by atoms with Gasteiger partial charge in [0.05, 0.1) is 18.2 Å². The highest BCUT2D eigenvalue weighted by Gasteiger charge is 2.15. The number of halogens is 2. The highest BCUT2D eigenvalue weighted by Crippen LogP contribution is 2.37. The van der Waals surface area contributed by atoms with Gasteiger partial charge in [0.15, 0.2) is 11.5 Å². The van der Waals surface area contributed by atoms with E-state index in [1.165, 1.54) is 4.88 Å². The number of fused-ring (bicyclic) bond motifs is 1. The first-order valence-corrected chi connectivity index (χ1v) is 8.40. The standard InChI is InChI=1S/C16H18ClNO2S.ClH/c17-14-9-12(10-15-16(14)20-7-2-6-19-15)11-18-5-4-13-3-1-8-21-13;/h1,3,8-10,18H,2,4-7,11H2;1H. The molecule has 0 radical (unpaired) electrons. The van der Waals surface area contributed by atoms with Gasteiger partial charge in [0, 0.05) is 24.4 Å². The molecule has 120 valence electrons. The fourth-order valence-electron chi connectivity index (χ4n) is 2.29. The van der Waals surface area contributed by atoms with Crippen molar-refractivity contribution in [3.8, 4) is 11.5 Å². The molecule has 2 aromatic rings. The minimum atomic E-state index is 0. The molecule has 22 heavy (non-hydrogen) atoms. The van der Waals surface area contributed by atoms with Crippen LogP contribution in [0.1, 0.15) is 16.9 Å². The first kappa shape index (κ1) is 17.4. The predicted octanol–water partition coefficient (Wildman–Crippen LogP) is 4.32. The first-order valence-electron chi connectivity index (χ1n) is 7.14. The van der Waals surface area contributed by atoms with E-state index in [1.54, 1.807) is 11.3 Å². The second kappa shape index (κ2) is 8.63. The highest BCUT2D eigenvalue weighted by molar-refractivity contribution is 7.09. The molecule has 0 saturated heterocycles. The summed E-state index contributed by atoms with van der Waals surface area (Å²) in [5.41, 5.74) is 1.12. The monoisotopic (exact) mass is 359 g/mol. The van der Waals surface area contributed by atoms with E-state index < -0.39 is 0 Å². The fraction of sp³-hybridized carbons (Fsp3) is 0.375. The minimum Gasteiger partial charge on any atom is -0.489 e. The number of ether oxygens (including phenoxy) is 2. The number of nitrogens with one attached hydrogen (secondary N) is 1. The Labute approximate surface area is 146 Å². The van der Waals surface area contributed by atoms with Gasteiger partial charge >= 0.3 is 0 Å². The summed E-state index contributed by atoms with van der Waals surface area (Å²) in [5, 5.41) is 6.18. The van der Waals surface area contributed by atoms with Gasteiger partial charge in [-0.25, -0.2) is 0 Å². The molecule has 1 N–H and O–H groups in total. The molecule has 3 nitrogen and oxygen atoms in total. The smallest absolute Gasteiger partial charge is 0.179 e. The Morgan fingerprint density at radius 1 is 1.23 bits per heavy atom. The molecule has 0 aliphatic carbocycles. The van der Waals surface area contributed by atoms with E-state index in [0.717, 1.165) is 37.2 Å². The Morgan fingerprint density at radius 3 is 2.91 bits per heavy atom. The maximum atomic E-state index is 6.28. The third kappa shape index (κ3) is 4.53. The van der Waals surface area contributed by atoms with E-state index in [-0.39, 0.29) is 12.4 Å². The lowest BCUT2D eigenvalue weighted by Gasteiger charge is -2.12. The third-order valence-electron chi connectivity index (χ3n) is 3.32. The van der Waals surface area contributed by atoms with Crippen LogP contribution < -0.4 is 14.8 Å². The van der Waals surface area contributed by atoms with E-state index in [1.807, 2.05) is 12.1 Å². The molecule has 6 heteroatoms. The largest absolute Gasteiger partial charge is 0.489 e. The summed E-state index contributed by atoms with van der Waals surface area (Å²) in [6.07, 6.45) is 1.94. The Morgan fingerprint density at radius 2 is 2.09 bits per heavy atom. The van der Waals surface area contributed by atoms with Crippen molar-refractivity contribution in [1.29, 1.82) is 0 Å². The van der Waals surface area contributed by atoms with Crippen molar-refractivity contribution in [2.24, 2.45) is 0 Å². The first-order chi connectivity index (χ1) is 10.3. The molecule has 0 saturated carbocycles. The number of thiophene rings is 1. The van der Waals surface area contributed by atoms with Crippen molar-refractivity contribution >= 4 is 35.3 Å². The van der Waals surface area contributed by atoms with Gasteiger partial charge in [-0.2, -0.15) is 0 Å². The van der Waals surface area contributed by atoms with Crippen molar-refractivity contribution in [2.75, 3.05) is 19.8 Å². The zero-order chi connectivity index (χ0) is 14.5. The molecular formula is C16H19Cl2NO2S. The average Bonchev–Trinajstić information content (AvgIpc) is 2.87. The van der Waals surface area contributed by atoms with E-state index in [9.17, 15) is 0 Å². The van der Waals surface area contributed by atoms with Crippen LogP contribution in [0.15, 0.2) is 29.6 Å². The molecule has 0 unspecified atom stereocenters. The van der Waals surface area contributed by atoms with Crippen LogP contribution in [0.3, 0.4) is 0 Å². The van der Waals surface area contributed by atoms with Gasteiger partial charge in [0.25, 0.3) is 0 Å². The van der Waals surface area contributed by atoms with Crippen LogP contribution in [0.25, 0.3) is 0 Å². The summed E-state index contributed by atoms with van der Waals surface area (Å²) >= 11 is 8.08. The predicted molar refractivity (Wildman–Crippen MR) is 94.0 cm³/mol. The molecule has 1 aromatic carbocycles. The summed E-state index contributed by atoms with van der Waals surface area (Å²) < 4.78 is 11.3. The fourth-order valence-corrected chi connectivity index (χ4v) is 3.28. The van der Waals surface area contributed by atoms with Crippen LogP contribution in [-0.4, -0.2) is 19.8 Å². The van der Waals surface area contributed by atoms with Gasteiger partial charge in [-0.3, -0.25) is 0 Å². The van der Waals surface area contributed by atoms with Crippen LogP contribution in [0.2, 0.25) is 5.02 Å². The molecule has 0 spiro atoms. The van der Waals surface area contributed by atoms with E-state index in [2.05, 4.69) is 22.8 Å². The molecule has 1 aliphatic heterocycles. The minimum absolute atomic E-state index is 0. The SMILES string of the molecule is Cl.Clc1cc(CNCCc2cccs2)cc2c1OCCCO2. The van der Waals surface area contributed by atoms with Gasteiger partial charge in [0.1, 0.15) is 0 Å². The Hall–Kier alpha value is -0.940. The van der Waals surface area contributed by atoms with Crippen molar-refractivity contribution in [3.05, 3.63) is 45.1 Å². The number of benzene rings is 1. The molecule has 0 amide bonds. The maximum Gasteiger partial charge on any atom is 0.179 e. The van der Waals surface area contributed by atoms with Gasteiger partial charge in [-0.15, -0.1) is 23.7 Å². The summed E-state index contributed by atoms with van der Waals surface area (Å²) in [6.45, 7) is 3.07. The van der Waals surface area contributed by atoms with Crippen LogP contribution in [0.5, 0.6) is 11.5 Å². The Kier molecular flexibility index (Phi) is 6.83.